The van der Waals surface area contributed by atoms with Crippen molar-refractivity contribution in [3.8, 4) is 0 Å². The fraction of sp³-hybridized carbons (Fsp3) is 0.333. The molecule has 0 aliphatic heterocycles. The number of benzene rings is 2. The van der Waals surface area contributed by atoms with Crippen molar-refractivity contribution in [1.82, 2.24) is 0 Å². The Balaban J connectivity index is 1.93. The molecule has 0 N–H and O–H groups in total. The fourth-order valence-electron chi connectivity index (χ4n) is 2.00. The van der Waals surface area contributed by atoms with Crippen LogP contribution in [-0.2, 0) is 4.74 Å². The number of thioether (sulfide) groups is 2. The van der Waals surface area contributed by atoms with Gasteiger partial charge in [0.2, 0.25) is 0 Å². The van der Waals surface area contributed by atoms with Crippen LogP contribution in [0, 0.1) is 0 Å². The van der Waals surface area contributed by atoms with Crippen LogP contribution in [0.4, 0.5) is 0 Å². The van der Waals surface area contributed by atoms with Crippen LogP contribution in [0.3, 0.4) is 0 Å². The molecule has 0 amide bonds. The van der Waals surface area contributed by atoms with Crippen LogP contribution in [0.5, 0.6) is 0 Å². The molecule has 3 heteroatoms. The Kier molecular flexibility index (Phi) is 7.79. The molecule has 0 radical (unpaired) electrons. The van der Waals surface area contributed by atoms with E-state index < -0.39 is 0 Å². The molecule has 0 saturated heterocycles. The van der Waals surface area contributed by atoms with Gasteiger partial charge in [-0.15, -0.1) is 23.5 Å². The molecule has 0 spiro atoms. The van der Waals surface area contributed by atoms with Gasteiger partial charge in [0, 0.05) is 23.5 Å². The summed E-state index contributed by atoms with van der Waals surface area (Å²) >= 11 is 3.93. The topological polar surface area (TPSA) is 9.23 Å². The second-order valence-corrected chi connectivity index (χ2v) is 7.63. The lowest BCUT2D eigenvalue weighted by molar-refractivity contribution is 0.192. The summed E-state index contributed by atoms with van der Waals surface area (Å²) in [4.78, 5) is 2.69. The summed E-state index contributed by atoms with van der Waals surface area (Å²) in [7, 11) is 1.77. The summed E-state index contributed by atoms with van der Waals surface area (Å²) in [6.45, 7) is 0.860. The summed E-state index contributed by atoms with van der Waals surface area (Å²) in [5.74, 6) is 0. The zero-order valence-electron chi connectivity index (χ0n) is 12.4. The van der Waals surface area contributed by atoms with E-state index in [2.05, 4.69) is 60.7 Å². The average Bonchev–Trinajstić information content (AvgIpc) is 2.53. The minimum Gasteiger partial charge on any atom is -0.385 e. The lowest BCUT2D eigenvalue weighted by Crippen LogP contribution is -1.99. The van der Waals surface area contributed by atoms with Crippen LogP contribution >= 0.6 is 23.5 Å². The van der Waals surface area contributed by atoms with Gasteiger partial charge in [0.15, 0.2) is 0 Å². The Morgan fingerprint density at radius 3 is 1.81 bits per heavy atom. The van der Waals surface area contributed by atoms with Gasteiger partial charge < -0.3 is 4.74 Å². The van der Waals surface area contributed by atoms with Crippen molar-refractivity contribution in [3.05, 3.63) is 60.7 Å². The van der Waals surface area contributed by atoms with Crippen molar-refractivity contribution >= 4 is 23.5 Å². The zero-order chi connectivity index (χ0) is 14.8. The standard InChI is InChI=1S/C18H22OS2/c1-19-15-9-8-14-18(20-16-10-4-2-5-11-16)21-17-12-6-3-7-13-17/h2-7,10-13,18H,8-9,14-15H2,1H3. The smallest absolute Gasteiger partial charge is 0.0596 e. The second-order valence-electron chi connectivity index (χ2n) is 4.78. The van der Waals surface area contributed by atoms with Crippen molar-refractivity contribution in [2.75, 3.05) is 13.7 Å². The van der Waals surface area contributed by atoms with E-state index in [4.69, 9.17) is 4.74 Å². The molecular formula is C18H22OS2. The average molecular weight is 319 g/mol. The normalized spacial score (nSPS) is 11.0. The van der Waals surface area contributed by atoms with Crippen LogP contribution in [0.2, 0.25) is 0 Å². The molecule has 0 heterocycles. The molecule has 0 atom stereocenters. The molecule has 0 aliphatic carbocycles. The summed E-state index contributed by atoms with van der Waals surface area (Å²) in [5, 5.41) is 0. The first kappa shape index (κ1) is 16.5. The van der Waals surface area contributed by atoms with Crippen LogP contribution in [0.15, 0.2) is 70.5 Å². The number of hydrogen-bond acceptors (Lipinski definition) is 3. The van der Waals surface area contributed by atoms with Gasteiger partial charge in [-0.05, 0) is 43.5 Å². The van der Waals surface area contributed by atoms with E-state index in [9.17, 15) is 0 Å². The number of unbranched alkanes of at least 4 members (excludes halogenated alkanes) is 1. The van der Waals surface area contributed by atoms with Crippen LogP contribution in [0.25, 0.3) is 0 Å². The number of rotatable bonds is 9. The number of hydrogen-bond donors (Lipinski definition) is 0. The lowest BCUT2D eigenvalue weighted by Gasteiger charge is -2.16. The minimum absolute atomic E-state index is 0.548. The zero-order valence-corrected chi connectivity index (χ0v) is 14.0. The fourth-order valence-corrected chi connectivity index (χ4v) is 4.66. The van der Waals surface area contributed by atoms with Crippen molar-refractivity contribution in [2.45, 2.75) is 33.6 Å². The van der Waals surface area contributed by atoms with E-state index in [0.29, 0.717) is 4.58 Å². The first-order valence-electron chi connectivity index (χ1n) is 7.31. The SMILES string of the molecule is COCCCCC(Sc1ccccc1)Sc1ccccc1. The lowest BCUT2D eigenvalue weighted by atomic mass is 10.3. The molecule has 0 aromatic heterocycles. The Labute approximate surface area is 136 Å². The van der Waals surface area contributed by atoms with Gasteiger partial charge in [-0.3, -0.25) is 0 Å². The van der Waals surface area contributed by atoms with Crippen LogP contribution in [0.1, 0.15) is 19.3 Å². The van der Waals surface area contributed by atoms with Crippen molar-refractivity contribution < 1.29 is 4.74 Å². The highest BCUT2D eigenvalue weighted by atomic mass is 32.2. The molecule has 2 rings (SSSR count). The largest absolute Gasteiger partial charge is 0.385 e. The predicted molar refractivity (Wildman–Crippen MR) is 94.1 cm³/mol. The third kappa shape index (κ3) is 6.60. The van der Waals surface area contributed by atoms with Gasteiger partial charge in [0.05, 0.1) is 4.58 Å². The Morgan fingerprint density at radius 2 is 1.33 bits per heavy atom. The molecule has 0 saturated carbocycles. The van der Waals surface area contributed by atoms with E-state index in [0.717, 1.165) is 13.0 Å². The first-order valence-corrected chi connectivity index (χ1v) is 9.07. The summed E-state index contributed by atoms with van der Waals surface area (Å²) in [6, 6.07) is 21.3. The molecule has 0 fully saturated rings. The van der Waals surface area contributed by atoms with Gasteiger partial charge in [-0.25, -0.2) is 0 Å². The highest BCUT2D eigenvalue weighted by molar-refractivity contribution is 8.17. The van der Waals surface area contributed by atoms with E-state index >= 15 is 0 Å². The Morgan fingerprint density at radius 1 is 0.810 bits per heavy atom. The summed E-state index contributed by atoms with van der Waals surface area (Å²) < 4.78 is 5.69. The molecule has 0 bridgehead atoms. The minimum atomic E-state index is 0.548. The highest BCUT2D eigenvalue weighted by Gasteiger charge is 2.12. The molecule has 2 aromatic carbocycles. The quantitative estimate of drug-likeness (QED) is 0.333. The third-order valence-corrected chi connectivity index (χ3v) is 5.72. The van der Waals surface area contributed by atoms with Crippen LogP contribution in [-0.4, -0.2) is 18.3 Å². The molecular weight excluding hydrogens is 296 g/mol. The second kappa shape index (κ2) is 9.93. The first-order chi connectivity index (χ1) is 10.4. The molecule has 0 unspecified atom stereocenters. The number of methoxy groups -OCH3 is 1. The van der Waals surface area contributed by atoms with E-state index in [1.54, 1.807) is 7.11 Å². The summed E-state index contributed by atoms with van der Waals surface area (Å²) in [5.41, 5.74) is 0. The maximum Gasteiger partial charge on any atom is 0.0596 e. The maximum absolute atomic E-state index is 5.15. The number of ether oxygens (including phenoxy) is 1. The third-order valence-electron chi connectivity index (χ3n) is 3.06. The van der Waals surface area contributed by atoms with Gasteiger partial charge in [0.1, 0.15) is 0 Å². The van der Waals surface area contributed by atoms with Crippen LogP contribution < -0.4 is 0 Å². The Bertz CT molecular complexity index is 446. The molecule has 112 valence electrons. The van der Waals surface area contributed by atoms with Gasteiger partial charge in [-0.1, -0.05) is 36.4 Å². The molecule has 0 aliphatic rings. The van der Waals surface area contributed by atoms with E-state index in [1.807, 2.05) is 23.5 Å². The van der Waals surface area contributed by atoms with E-state index in [-0.39, 0.29) is 0 Å². The predicted octanol–water partition coefficient (Wildman–Crippen LogP) is 5.71. The van der Waals surface area contributed by atoms with Gasteiger partial charge in [0.25, 0.3) is 0 Å². The molecule has 2 aromatic rings. The highest BCUT2D eigenvalue weighted by Crippen LogP contribution is 2.38. The van der Waals surface area contributed by atoms with Gasteiger partial charge in [-0.2, -0.15) is 0 Å². The molecule has 21 heavy (non-hydrogen) atoms. The van der Waals surface area contributed by atoms with E-state index in [1.165, 1.54) is 22.6 Å². The monoisotopic (exact) mass is 318 g/mol. The van der Waals surface area contributed by atoms with Crippen molar-refractivity contribution in [2.24, 2.45) is 0 Å². The summed E-state index contributed by atoms with van der Waals surface area (Å²) in [6.07, 6.45) is 3.54. The van der Waals surface area contributed by atoms with Gasteiger partial charge >= 0.3 is 0 Å². The molecule has 1 nitrogen and oxygen atoms in total. The van der Waals surface area contributed by atoms with Crippen molar-refractivity contribution in [1.29, 1.82) is 0 Å². The maximum atomic E-state index is 5.15. The Hall–Kier alpha value is -0.900. The van der Waals surface area contributed by atoms with Crippen molar-refractivity contribution in [3.63, 3.8) is 0 Å².